The maximum Gasteiger partial charge on any atom is 0.120 e. The molecule has 0 bridgehead atoms. The molecule has 0 saturated heterocycles. The van der Waals surface area contributed by atoms with E-state index in [2.05, 4.69) is 6.08 Å². The van der Waals surface area contributed by atoms with Gasteiger partial charge in [0.25, 0.3) is 0 Å². The second kappa shape index (κ2) is 4.86. The first-order valence-electron chi connectivity index (χ1n) is 5.82. The van der Waals surface area contributed by atoms with Crippen molar-refractivity contribution in [3.8, 4) is 0 Å². The van der Waals surface area contributed by atoms with Crippen LogP contribution in [0, 0.1) is 0 Å². The highest BCUT2D eigenvalue weighted by atomic mass is 16.5. The van der Waals surface area contributed by atoms with Crippen LogP contribution in [-0.2, 0) is 4.74 Å². The largest absolute Gasteiger partial charge is 0.385 e. The Kier molecular flexibility index (Phi) is 3.46. The number of benzene rings is 1. The smallest absolute Gasteiger partial charge is 0.120 e. The zero-order chi connectivity index (χ0) is 12.3. The number of allylic oxidation sites excluding steroid dienone is 2. The maximum absolute atomic E-state index is 10.5. The molecule has 0 spiro atoms. The normalized spacial score (nSPS) is 25.5. The van der Waals surface area contributed by atoms with Crippen molar-refractivity contribution in [1.82, 2.24) is 0 Å². The molecule has 1 aromatic carbocycles. The predicted octanol–water partition coefficient (Wildman–Crippen LogP) is 3.01. The Morgan fingerprint density at radius 1 is 1.29 bits per heavy atom. The first-order valence-corrected chi connectivity index (χ1v) is 5.82. The highest BCUT2D eigenvalue weighted by molar-refractivity contribution is 5.31. The number of methoxy groups -OCH3 is 1. The van der Waals surface area contributed by atoms with Crippen LogP contribution in [0.2, 0.25) is 0 Å². The SMILES string of the molecule is COC1(C(O)c2ccccc2)C=CC(C)=CC1. The fourth-order valence-electron chi connectivity index (χ4n) is 2.11. The van der Waals surface area contributed by atoms with Gasteiger partial charge in [0.2, 0.25) is 0 Å². The summed E-state index contributed by atoms with van der Waals surface area (Å²) in [5.74, 6) is 0. The third-order valence-electron chi connectivity index (χ3n) is 3.33. The van der Waals surface area contributed by atoms with E-state index in [0.29, 0.717) is 6.42 Å². The summed E-state index contributed by atoms with van der Waals surface area (Å²) in [7, 11) is 1.64. The van der Waals surface area contributed by atoms with Crippen molar-refractivity contribution in [2.24, 2.45) is 0 Å². The molecule has 17 heavy (non-hydrogen) atoms. The number of aliphatic hydroxyl groups is 1. The molecule has 0 heterocycles. The Labute approximate surface area is 102 Å². The lowest BCUT2D eigenvalue weighted by atomic mass is 9.84. The van der Waals surface area contributed by atoms with Gasteiger partial charge in [0, 0.05) is 13.5 Å². The Bertz CT molecular complexity index is 433. The van der Waals surface area contributed by atoms with E-state index in [1.807, 2.05) is 49.4 Å². The maximum atomic E-state index is 10.5. The molecule has 0 saturated carbocycles. The summed E-state index contributed by atoms with van der Waals surface area (Å²) >= 11 is 0. The zero-order valence-electron chi connectivity index (χ0n) is 10.3. The van der Waals surface area contributed by atoms with Gasteiger partial charge in [-0.2, -0.15) is 0 Å². The molecule has 2 nitrogen and oxygen atoms in total. The zero-order valence-corrected chi connectivity index (χ0v) is 10.3. The first-order chi connectivity index (χ1) is 8.18. The van der Waals surface area contributed by atoms with Crippen LogP contribution >= 0.6 is 0 Å². The summed E-state index contributed by atoms with van der Waals surface area (Å²) in [5, 5.41) is 10.5. The number of hydrogen-bond donors (Lipinski definition) is 1. The van der Waals surface area contributed by atoms with Crippen LogP contribution in [0.25, 0.3) is 0 Å². The minimum Gasteiger partial charge on any atom is -0.385 e. The Hall–Kier alpha value is -1.38. The van der Waals surface area contributed by atoms with Gasteiger partial charge in [0.15, 0.2) is 0 Å². The molecule has 0 fully saturated rings. The minimum absolute atomic E-state index is 0.638. The summed E-state index contributed by atoms with van der Waals surface area (Å²) in [4.78, 5) is 0. The average Bonchev–Trinajstić information content (AvgIpc) is 2.40. The van der Waals surface area contributed by atoms with E-state index < -0.39 is 11.7 Å². The van der Waals surface area contributed by atoms with E-state index in [0.717, 1.165) is 5.56 Å². The number of rotatable bonds is 3. The van der Waals surface area contributed by atoms with Crippen LogP contribution in [0.5, 0.6) is 0 Å². The van der Waals surface area contributed by atoms with Gasteiger partial charge in [0.05, 0.1) is 0 Å². The van der Waals surface area contributed by atoms with Gasteiger partial charge in [-0.05, 0) is 18.6 Å². The van der Waals surface area contributed by atoms with Crippen molar-refractivity contribution in [3.05, 3.63) is 59.7 Å². The summed E-state index contributed by atoms with van der Waals surface area (Å²) in [6.07, 6.45) is 6.10. The second-order valence-corrected chi connectivity index (χ2v) is 4.46. The van der Waals surface area contributed by atoms with E-state index in [-0.39, 0.29) is 0 Å². The summed E-state index contributed by atoms with van der Waals surface area (Å²) in [6.45, 7) is 2.05. The van der Waals surface area contributed by atoms with E-state index in [1.54, 1.807) is 7.11 Å². The monoisotopic (exact) mass is 230 g/mol. The first kappa shape index (κ1) is 12.1. The van der Waals surface area contributed by atoms with Gasteiger partial charge in [-0.25, -0.2) is 0 Å². The highest BCUT2D eigenvalue weighted by Crippen LogP contribution is 2.36. The number of hydrogen-bond acceptors (Lipinski definition) is 2. The molecule has 2 heteroatoms. The minimum atomic E-state index is -0.644. The topological polar surface area (TPSA) is 29.5 Å². The van der Waals surface area contributed by atoms with Crippen molar-refractivity contribution < 1.29 is 9.84 Å². The third kappa shape index (κ3) is 2.33. The van der Waals surface area contributed by atoms with Gasteiger partial charge in [0.1, 0.15) is 11.7 Å². The van der Waals surface area contributed by atoms with Gasteiger partial charge in [-0.1, -0.05) is 48.1 Å². The van der Waals surface area contributed by atoms with Crippen molar-refractivity contribution in [3.63, 3.8) is 0 Å². The summed E-state index contributed by atoms with van der Waals surface area (Å²) < 4.78 is 5.56. The molecule has 1 aromatic rings. The van der Waals surface area contributed by atoms with Crippen LogP contribution in [0.4, 0.5) is 0 Å². The van der Waals surface area contributed by atoms with Gasteiger partial charge < -0.3 is 9.84 Å². The molecule has 0 aliphatic heterocycles. The fourth-order valence-corrected chi connectivity index (χ4v) is 2.11. The number of ether oxygens (including phenoxy) is 1. The molecular weight excluding hydrogens is 212 g/mol. The Balaban J connectivity index is 2.29. The molecule has 2 rings (SSSR count). The lowest BCUT2D eigenvalue weighted by Crippen LogP contribution is -2.37. The Morgan fingerprint density at radius 2 is 2.00 bits per heavy atom. The van der Waals surface area contributed by atoms with Crippen LogP contribution in [0.1, 0.15) is 25.0 Å². The van der Waals surface area contributed by atoms with Crippen LogP contribution in [-0.4, -0.2) is 17.8 Å². The molecule has 1 N–H and O–H groups in total. The van der Waals surface area contributed by atoms with Crippen molar-refractivity contribution in [1.29, 1.82) is 0 Å². The van der Waals surface area contributed by atoms with Crippen molar-refractivity contribution in [2.45, 2.75) is 25.0 Å². The highest BCUT2D eigenvalue weighted by Gasteiger charge is 2.36. The second-order valence-electron chi connectivity index (χ2n) is 4.46. The predicted molar refractivity (Wildman–Crippen MR) is 68.7 cm³/mol. The molecule has 2 atom stereocenters. The van der Waals surface area contributed by atoms with E-state index >= 15 is 0 Å². The lowest BCUT2D eigenvalue weighted by Gasteiger charge is -2.35. The molecule has 2 unspecified atom stereocenters. The van der Waals surface area contributed by atoms with Crippen LogP contribution in [0.3, 0.4) is 0 Å². The molecule has 90 valence electrons. The van der Waals surface area contributed by atoms with Gasteiger partial charge in [-0.15, -0.1) is 0 Å². The quantitative estimate of drug-likeness (QED) is 0.865. The van der Waals surface area contributed by atoms with E-state index in [4.69, 9.17) is 4.74 Å². The van der Waals surface area contributed by atoms with Gasteiger partial charge in [-0.3, -0.25) is 0 Å². The van der Waals surface area contributed by atoms with Gasteiger partial charge >= 0.3 is 0 Å². The Morgan fingerprint density at radius 3 is 2.53 bits per heavy atom. The standard InChI is InChI=1S/C15H18O2/c1-12-8-10-15(17-2,11-9-12)14(16)13-6-4-3-5-7-13/h3-10,14,16H,11H2,1-2H3. The van der Waals surface area contributed by atoms with Crippen molar-refractivity contribution >= 4 is 0 Å². The van der Waals surface area contributed by atoms with E-state index in [9.17, 15) is 5.11 Å². The molecular formula is C15H18O2. The van der Waals surface area contributed by atoms with Crippen molar-refractivity contribution in [2.75, 3.05) is 7.11 Å². The average molecular weight is 230 g/mol. The summed E-state index contributed by atoms with van der Waals surface area (Å²) in [5.41, 5.74) is 1.45. The number of aliphatic hydroxyl groups excluding tert-OH is 1. The van der Waals surface area contributed by atoms with Crippen LogP contribution in [0.15, 0.2) is 54.1 Å². The molecule has 1 aliphatic rings. The summed E-state index contributed by atoms with van der Waals surface area (Å²) in [6, 6.07) is 9.64. The third-order valence-corrected chi connectivity index (χ3v) is 3.33. The molecule has 1 aliphatic carbocycles. The fraction of sp³-hybridized carbons (Fsp3) is 0.333. The molecule has 0 aromatic heterocycles. The lowest BCUT2D eigenvalue weighted by molar-refractivity contribution is -0.0698. The van der Waals surface area contributed by atoms with Crippen LogP contribution < -0.4 is 0 Å². The molecule has 0 radical (unpaired) electrons. The van der Waals surface area contributed by atoms with E-state index in [1.165, 1.54) is 5.57 Å². The molecule has 0 amide bonds.